The van der Waals surface area contributed by atoms with Gasteiger partial charge in [-0.2, -0.15) is 0 Å². The maximum absolute atomic E-state index is 2.44. The summed E-state index contributed by atoms with van der Waals surface area (Å²) in [5, 5.41) is 6.50. The van der Waals surface area contributed by atoms with Crippen LogP contribution in [-0.4, -0.2) is 9.13 Å². The summed E-state index contributed by atoms with van der Waals surface area (Å²) in [5.41, 5.74) is 11.3. The number of rotatable bonds is 3. The number of aryl methyl sites for hydroxylation is 1. The minimum atomic E-state index is 1.13. The number of hydrogen-bond donors (Lipinski definition) is 0. The zero-order valence-electron chi connectivity index (χ0n) is 24.6. The molecule has 0 radical (unpaired) electrons. The third-order valence-electron chi connectivity index (χ3n) is 9.59. The first-order valence-corrected chi connectivity index (χ1v) is 16.5. The van der Waals surface area contributed by atoms with Gasteiger partial charge in [0.05, 0.1) is 22.1 Å². The van der Waals surface area contributed by atoms with Crippen molar-refractivity contribution in [3.05, 3.63) is 150 Å². The van der Waals surface area contributed by atoms with Gasteiger partial charge in [-0.05, 0) is 89.5 Å². The first-order valence-electron chi connectivity index (χ1n) is 15.7. The molecule has 3 heterocycles. The van der Waals surface area contributed by atoms with Gasteiger partial charge in [-0.15, -0.1) is 11.3 Å². The van der Waals surface area contributed by atoms with Crippen LogP contribution in [0.15, 0.2) is 140 Å². The smallest absolute Gasteiger partial charge is 0.0542 e. The number of nitrogens with zero attached hydrogens (tertiary/aromatic N) is 2. The van der Waals surface area contributed by atoms with Crippen LogP contribution in [0, 0.1) is 0 Å². The Morgan fingerprint density at radius 3 is 1.82 bits per heavy atom. The fourth-order valence-electron chi connectivity index (χ4n) is 7.62. The van der Waals surface area contributed by atoms with E-state index in [2.05, 4.69) is 155 Å². The normalized spacial score (nSPS) is 13.1. The van der Waals surface area contributed by atoms with E-state index in [0.29, 0.717) is 0 Å². The van der Waals surface area contributed by atoms with E-state index in [1.54, 1.807) is 0 Å². The van der Waals surface area contributed by atoms with E-state index in [-0.39, 0.29) is 0 Å². The van der Waals surface area contributed by atoms with Gasteiger partial charge >= 0.3 is 0 Å². The molecular weight excluding hydrogens is 565 g/mol. The molecule has 0 atom stereocenters. The van der Waals surface area contributed by atoms with Crippen molar-refractivity contribution in [2.45, 2.75) is 12.8 Å². The predicted molar refractivity (Wildman–Crippen MR) is 193 cm³/mol. The molecule has 3 aromatic heterocycles. The second-order valence-electron chi connectivity index (χ2n) is 12.0. The number of hydrogen-bond acceptors (Lipinski definition) is 1. The molecule has 0 unspecified atom stereocenters. The number of fused-ring (bicyclic) bond motifs is 9. The second kappa shape index (κ2) is 9.56. The molecule has 0 saturated carbocycles. The lowest BCUT2D eigenvalue weighted by molar-refractivity contribution is 1.01. The Labute approximate surface area is 264 Å². The highest BCUT2D eigenvalue weighted by molar-refractivity contribution is 7.20. The summed E-state index contributed by atoms with van der Waals surface area (Å²) >= 11 is 1.94. The molecule has 0 amide bonds. The molecular formula is C42H28N2S. The largest absolute Gasteiger partial charge is 0.309 e. The van der Waals surface area contributed by atoms with E-state index in [4.69, 9.17) is 0 Å². The standard InChI is InChI=1S/C42H28N2S/c1-5-19-37-31(13-1)32-14-2-6-20-38(32)44(37)29-23-24-40-36(26-29)33-15-3-7-21-39(33)43(40)28-12-9-11-27(25-28)30-17-10-18-35-34-16-4-8-22-41(34)45-42(30)35/h1-3,5-15,17-26H,4,16H2. The average molecular weight is 593 g/mol. The average Bonchev–Trinajstić information content (AvgIpc) is 3.76. The van der Waals surface area contributed by atoms with Gasteiger partial charge in [0.15, 0.2) is 0 Å². The Bertz CT molecular complexity index is 2610. The van der Waals surface area contributed by atoms with Gasteiger partial charge in [0, 0.05) is 42.5 Å². The lowest BCUT2D eigenvalue weighted by Gasteiger charge is -2.12. The van der Waals surface area contributed by atoms with Crippen molar-refractivity contribution in [2.75, 3.05) is 0 Å². The zero-order valence-corrected chi connectivity index (χ0v) is 25.4. The van der Waals surface area contributed by atoms with E-state index in [0.717, 1.165) is 12.8 Å². The fourth-order valence-corrected chi connectivity index (χ4v) is 8.93. The van der Waals surface area contributed by atoms with Gasteiger partial charge < -0.3 is 9.13 Å². The highest BCUT2D eigenvalue weighted by Gasteiger charge is 2.18. The van der Waals surface area contributed by atoms with Gasteiger partial charge in [0.1, 0.15) is 0 Å². The van der Waals surface area contributed by atoms with Crippen LogP contribution < -0.4 is 0 Å². The third-order valence-corrected chi connectivity index (χ3v) is 10.8. The summed E-state index contributed by atoms with van der Waals surface area (Å²) in [7, 11) is 0. The molecule has 10 rings (SSSR count). The summed E-state index contributed by atoms with van der Waals surface area (Å²) in [6.45, 7) is 0. The minimum Gasteiger partial charge on any atom is -0.309 e. The molecule has 3 heteroatoms. The predicted octanol–water partition coefficient (Wildman–Crippen LogP) is 11.7. The minimum absolute atomic E-state index is 1.13. The molecule has 0 aliphatic heterocycles. The molecule has 45 heavy (non-hydrogen) atoms. The van der Waals surface area contributed by atoms with E-state index in [1.165, 1.54) is 86.6 Å². The van der Waals surface area contributed by atoms with E-state index < -0.39 is 0 Å². The second-order valence-corrected chi connectivity index (χ2v) is 13.1. The maximum Gasteiger partial charge on any atom is 0.0542 e. The molecule has 212 valence electrons. The first kappa shape index (κ1) is 25.0. The van der Waals surface area contributed by atoms with Gasteiger partial charge in [-0.3, -0.25) is 0 Å². The highest BCUT2D eigenvalue weighted by atomic mass is 32.1. The van der Waals surface area contributed by atoms with Gasteiger partial charge in [-0.25, -0.2) is 0 Å². The van der Waals surface area contributed by atoms with E-state index in [9.17, 15) is 0 Å². The van der Waals surface area contributed by atoms with Crippen molar-refractivity contribution in [1.29, 1.82) is 0 Å². The summed E-state index contributed by atoms with van der Waals surface area (Å²) in [6.07, 6.45) is 6.89. The molecule has 0 saturated heterocycles. The van der Waals surface area contributed by atoms with Crippen LogP contribution in [0.25, 0.3) is 82.3 Å². The van der Waals surface area contributed by atoms with Crippen LogP contribution in [-0.2, 0) is 6.42 Å². The Hall–Kier alpha value is -5.38. The molecule has 0 N–H and O–H groups in total. The first-order chi connectivity index (χ1) is 22.3. The van der Waals surface area contributed by atoms with Gasteiger partial charge in [-0.1, -0.05) is 91.0 Å². The summed E-state index contributed by atoms with van der Waals surface area (Å²) in [4.78, 5) is 1.42. The Morgan fingerprint density at radius 1 is 0.489 bits per heavy atom. The van der Waals surface area contributed by atoms with Crippen LogP contribution in [0.4, 0.5) is 0 Å². The van der Waals surface area contributed by atoms with Gasteiger partial charge in [0.2, 0.25) is 0 Å². The summed E-state index contributed by atoms with van der Waals surface area (Å²) < 4.78 is 6.24. The summed E-state index contributed by atoms with van der Waals surface area (Å²) in [5.74, 6) is 0. The van der Waals surface area contributed by atoms with Crippen molar-refractivity contribution in [3.8, 4) is 22.5 Å². The quantitative estimate of drug-likeness (QED) is 0.193. The van der Waals surface area contributed by atoms with Crippen LogP contribution in [0.1, 0.15) is 16.9 Å². The van der Waals surface area contributed by atoms with Crippen LogP contribution in [0.3, 0.4) is 0 Å². The zero-order chi connectivity index (χ0) is 29.5. The number of aromatic nitrogens is 2. The topological polar surface area (TPSA) is 9.86 Å². The van der Waals surface area contributed by atoms with Crippen molar-refractivity contribution in [3.63, 3.8) is 0 Å². The van der Waals surface area contributed by atoms with Crippen LogP contribution >= 0.6 is 11.3 Å². The van der Waals surface area contributed by atoms with Crippen molar-refractivity contribution >= 4 is 71.1 Å². The lowest BCUT2D eigenvalue weighted by atomic mass is 9.98. The maximum atomic E-state index is 2.44. The lowest BCUT2D eigenvalue weighted by Crippen LogP contribution is -1.96. The molecule has 0 bridgehead atoms. The van der Waals surface area contributed by atoms with E-state index >= 15 is 0 Å². The van der Waals surface area contributed by atoms with Crippen LogP contribution in [0.2, 0.25) is 0 Å². The molecule has 0 spiro atoms. The number of thiophene rings is 1. The Morgan fingerprint density at radius 2 is 1.09 bits per heavy atom. The number of allylic oxidation sites excluding steroid dienone is 1. The molecule has 9 aromatic rings. The van der Waals surface area contributed by atoms with Crippen molar-refractivity contribution < 1.29 is 0 Å². The monoisotopic (exact) mass is 592 g/mol. The number of benzene rings is 6. The fraction of sp³-hybridized carbons (Fsp3) is 0.0476. The number of para-hydroxylation sites is 3. The highest BCUT2D eigenvalue weighted by Crippen LogP contribution is 2.42. The van der Waals surface area contributed by atoms with Gasteiger partial charge in [0.25, 0.3) is 0 Å². The SMILES string of the molecule is C1=Cc2sc3c(-c4cccc(-n5c6ccccc6c6cc(-n7c8ccccc8c8ccccc87)ccc65)c4)cccc3c2CC1. The van der Waals surface area contributed by atoms with Crippen molar-refractivity contribution in [1.82, 2.24) is 9.13 Å². The van der Waals surface area contributed by atoms with E-state index in [1.807, 2.05) is 11.3 Å². The molecule has 1 aliphatic rings. The Balaban J connectivity index is 1.19. The van der Waals surface area contributed by atoms with Crippen molar-refractivity contribution in [2.24, 2.45) is 0 Å². The Kier molecular flexibility index (Phi) is 5.31. The molecule has 1 aliphatic carbocycles. The third kappa shape index (κ3) is 3.62. The molecule has 6 aromatic carbocycles. The van der Waals surface area contributed by atoms with Crippen LogP contribution in [0.5, 0.6) is 0 Å². The summed E-state index contributed by atoms with van der Waals surface area (Å²) in [6, 6.07) is 49.2. The molecule has 0 fully saturated rings. The molecule has 2 nitrogen and oxygen atoms in total.